The van der Waals surface area contributed by atoms with Crippen LogP contribution in [0.2, 0.25) is 0 Å². The molecule has 3 nitrogen and oxygen atoms in total. The molecule has 1 saturated carbocycles. The fourth-order valence-electron chi connectivity index (χ4n) is 3.62. The van der Waals surface area contributed by atoms with Crippen molar-refractivity contribution in [1.29, 1.82) is 0 Å². The molecule has 0 aliphatic heterocycles. The quantitative estimate of drug-likeness (QED) is 0.712. The minimum Gasteiger partial charge on any atom is -0.327 e. The zero-order chi connectivity index (χ0) is 17.4. The van der Waals surface area contributed by atoms with Crippen molar-refractivity contribution in [1.82, 2.24) is 0 Å². The van der Waals surface area contributed by atoms with Crippen LogP contribution in [0.5, 0.6) is 0 Å². The molecular weight excluding hydrogens is 296 g/mol. The second-order valence-corrected chi connectivity index (χ2v) is 7.42. The fourth-order valence-corrected chi connectivity index (χ4v) is 3.62. The van der Waals surface area contributed by atoms with Crippen molar-refractivity contribution in [2.45, 2.75) is 77.7 Å². The number of hydrogen-bond acceptors (Lipinski definition) is 2. The van der Waals surface area contributed by atoms with E-state index in [0.29, 0.717) is 0 Å². The molecule has 0 saturated heterocycles. The van der Waals surface area contributed by atoms with Crippen molar-refractivity contribution in [2.24, 2.45) is 17.6 Å². The van der Waals surface area contributed by atoms with E-state index in [-0.39, 0.29) is 17.9 Å². The second kappa shape index (κ2) is 9.83. The van der Waals surface area contributed by atoms with E-state index in [4.69, 9.17) is 5.73 Å². The summed E-state index contributed by atoms with van der Waals surface area (Å²) in [6.45, 7) is 4.36. The van der Waals surface area contributed by atoms with Crippen LogP contribution in [0.1, 0.15) is 70.8 Å². The molecule has 1 fully saturated rings. The van der Waals surface area contributed by atoms with E-state index in [9.17, 15) is 4.79 Å². The molecule has 0 heterocycles. The van der Waals surface area contributed by atoms with E-state index in [1.165, 1.54) is 37.7 Å². The van der Waals surface area contributed by atoms with E-state index < -0.39 is 0 Å². The van der Waals surface area contributed by atoms with Crippen molar-refractivity contribution in [3.63, 3.8) is 0 Å². The van der Waals surface area contributed by atoms with E-state index >= 15 is 0 Å². The Morgan fingerprint density at radius 3 is 2.42 bits per heavy atom. The van der Waals surface area contributed by atoms with Gasteiger partial charge in [-0.15, -0.1) is 0 Å². The van der Waals surface area contributed by atoms with Crippen LogP contribution in [-0.4, -0.2) is 11.9 Å². The minimum atomic E-state index is 0.191. The largest absolute Gasteiger partial charge is 0.327 e. The summed E-state index contributed by atoms with van der Waals surface area (Å²) in [4.78, 5) is 12.5. The van der Waals surface area contributed by atoms with Gasteiger partial charge in [-0.2, -0.15) is 0 Å². The molecular formula is C21H34N2O. The van der Waals surface area contributed by atoms with Crippen LogP contribution in [-0.2, 0) is 11.2 Å². The number of rotatable bonds is 8. The van der Waals surface area contributed by atoms with Crippen molar-refractivity contribution >= 4 is 11.6 Å². The number of anilines is 1. The molecule has 0 spiro atoms. The van der Waals surface area contributed by atoms with Gasteiger partial charge in [0.25, 0.3) is 0 Å². The Morgan fingerprint density at radius 1 is 1.17 bits per heavy atom. The lowest BCUT2D eigenvalue weighted by molar-refractivity contribution is -0.121. The summed E-state index contributed by atoms with van der Waals surface area (Å²) < 4.78 is 0. The van der Waals surface area contributed by atoms with Crippen LogP contribution < -0.4 is 11.1 Å². The lowest BCUT2D eigenvalue weighted by Gasteiger charge is -2.27. The van der Waals surface area contributed by atoms with Crippen molar-refractivity contribution < 1.29 is 4.79 Å². The molecule has 2 rings (SSSR count). The molecule has 1 aromatic rings. The number of amides is 1. The molecule has 1 unspecified atom stereocenters. The Balaban J connectivity index is 1.78. The second-order valence-electron chi connectivity index (χ2n) is 7.42. The molecule has 0 aromatic heterocycles. The Hall–Kier alpha value is -1.35. The van der Waals surface area contributed by atoms with Gasteiger partial charge in [-0.1, -0.05) is 45.2 Å². The molecule has 1 amide bonds. The van der Waals surface area contributed by atoms with Gasteiger partial charge in [-0.05, 0) is 62.1 Å². The molecule has 0 radical (unpaired) electrons. The first-order valence-electron chi connectivity index (χ1n) is 9.77. The van der Waals surface area contributed by atoms with Crippen LogP contribution in [0, 0.1) is 11.8 Å². The third-order valence-corrected chi connectivity index (χ3v) is 5.43. The predicted molar refractivity (Wildman–Crippen MR) is 102 cm³/mol. The third kappa shape index (κ3) is 5.94. The number of nitrogens with two attached hydrogens (primary N) is 1. The fraction of sp³-hybridized carbons (Fsp3) is 0.667. The zero-order valence-corrected chi connectivity index (χ0v) is 15.4. The van der Waals surface area contributed by atoms with Gasteiger partial charge in [-0.25, -0.2) is 0 Å². The maximum Gasteiger partial charge on any atom is 0.227 e. The number of unbranched alkanes of at least 4 members (excludes halogenated alkanes) is 1. The first-order chi connectivity index (χ1) is 11.6. The van der Waals surface area contributed by atoms with Crippen LogP contribution in [0.3, 0.4) is 0 Å². The Kier molecular flexibility index (Phi) is 7.77. The molecule has 3 heteroatoms. The first-order valence-corrected chi connectivity index (χ1v) is 9.77. The maximum atomic E-state index is 12.5. The molecule has 1 aliphatic rings. The molecule has 24 heavy (non-hydrogen) atoms. The first kappa shape index (κ1) is 19.0. The van der Waals surface area contributed by atoms with E-state index in [1.807, 2.05) is 12.1 Å². The maximum absolute atomic E-state index is 12.5. The predicted octanol–water partition coefficient (Wildman–Crippen LogP) is 4.90. The lowest BCUT2D eigenvalue weighted by atomic mass is 9.79. The van der Waals surface area contributed by atoms with Crippen LogP contribution in [0.15, 0.2) is 24.3 Å². The molecule has 3 N–H and O–H groups in total. The highest BCUT2D eigenvalue weighted by molar-refractivity contribution is 5.92. The van der Waals surface area contributed by atoms with Crippen LogP contribution in [0.25, 0.3) is 0 Å². The number of carbonyl (C=O) groups excluding carboxylic acids is 1. The number of benzene rings is 1. The van der Waals surface area contributed by atoms with Crippen molar-refractivity contribution in [2.75, 3.05) is 5.32 Å². The van der Waals surface area contributed by atoms with Gasteiger partial charge in [0.2, 0.25) is 5.91 Å². The van der Waals surface area contributed by atoms with Gasteiger partial charge < -0.3 is 11.1 Å². The van der Waals surface area contributed by atoms with Gasteiger partial charge >= 0.3 is 0 Å². The summed E-state index contributed by atoms with van der Waals surface area (Å²) >= 11 is 0. The highest BCUT2D eigenvalue weighted by Crippen LogP contribution is 2.32. The Labute approximate surface area is 147 Å². The molecule has 1 aliphatic carbocycles. The van der Waals surface area contributed by atoms with E-state index in [1.54, 1.807) is 0 Å². The number of nitrogens with one attached hydrogen (secondary N) is 1. The van der Waals surface area contributed by atoms with E-state index in [0.717, 1.165) is 37.3 Å². The van der Waals surface area contributed by atoms with Gasteiger partial charge in [0.1, 0.15) is 0 Å². The summed E-state index contributed by atoms with van der Waals surface area (Å²) in [5.74, 6) is 1.23. The summed E-state index contributed by atoms with van der Waals surface area (Å²) in [5, 5.41) is 3.09. The monoisotopic (exact) mass is 330 g/mol. The highest BCUT2D eigenvalue weighted by atomic mass is 16.1. The molecule has 1 atom stereocenters. The van der Waals surface area contributed by atoms with Crippen LogP contribution >= 0.6 is 0 Å². The van der Waals surface area contributed by atoms with Crippen molar-refractivity contribution in [3.05, 3.63) is 29.8 Å². The number of hydrogen-bond donors (Lipinski definition) is 2. The molecule has 1 aromatic carbocycles. The van der Waals surface area contributed by atoms with Gasteiger partial charge in [0.15, 0.2) is 0 Å². The minimum absolute atomic E-state index is 0.191. The highest BCUT2D eigenvalue weighted by Gasteiger charge is 2.25. The zero-order valence-electron chi connectivity index (χ0n) is 15.4. The smallest absolute Gasteiger partial charge is 0.227 e. The van der Waals surface area contributed by atoms with Gasteiger partial charge in [-0.3, -0.25) is 4.79 Å². The summed E-state index contributed by atoms with van der Waals surface area (Å²) in [6.07, 6.45) is 10.3. The number of carbonyl (C=O) groups is 1. The standard InChI is InChI=1S/C21H34N2O/c1-3-5-6-16-7-11-18(12-8-16)21(24)23-20-13-9-17(10-14-20)15-19(22)4-2/h9-10,13-14,16,18-19H,3-8,11-12,15,22H2,1-2H3,(H,23,24). The normalized spacial score (nSPS) is 22.1. The Bertz CT molecular complexity index is 489. The Morgan fingerprint density at radius 2 is 1.83 bits per heavy atom. The topological polar surface area (TPSA) is 55.1 Å². The van der Waals surface area contributed by atoms with Gasteiger partial charge in [0.05, 0.1) is 0 Å². The van der Waals surface area contributed by atoms with Gasteiger partial charge in [0, 0.05) is 17.6 Å². The van der Waals surface area contributed by atoms with E-state index in [2.05, 4.69) is 31.3 Å². The summed E-state index contributed by atoms with van der Waals surface area (Å²) in [5.41, 5.74) is 8.13. The van der Waals surface area contributed by atoms with Crippen LogP contribution in [0.4, 0.5) is 5.69 Å². The molecule has 134 valence electrons. The SMILES string of the molecule is CCCCC1CCC(C(=O)Nc2ccc(CC(N)CC)cc2)CC1. The lowest BCUT2D eigenvalue weighted by Crippen LogP contribution is -2.27. The molecule has 0 bridgehead atoms. The average molecular weight is 331 g/mol. The van der Waals surface area contributed by atoms with Crippen molar-refractivity contribution in [3.8, 4) is 0 Å². The summed E-state index contributed by atoms with van der Waals surface area (Å²) in [7, 11) is 0. The summed E-state index contributed by atoms with van der Waals surface area (Å²) in [6, 6.07) is 8.37. The average Bonchev–Trinajstić information content (AvgIpc) is 2.61. The third-order valence-electron chi connectivity index (χ3n) is 5.43.